The van der Waals surface area contributed by atoms with Gasteiger partial charge in [-0.1, -0.05) is 25.1 Å². The zero-order chi connectivity index (χ0) is 14.9. The van der Waals surface area contributed by atoms with Gasteiger partial charge in [-0.05, 0) is 37.3 Å². The highest BCUT2D eigenvalue weighted by atomic mass is 32.2. The molecule has 0 saturated heterocycles. The van der Waals surface area contributed by atoms with Crippen molar-refractivity contribution in [1.82, 2.24) is 5.32 Å². The van der Waals surface area contributed by atoms with E-state index < -0.39 is 0 Å². The van der Waals surface area contributed by atoms with Gasteiger partial charge < -0.3 is 14.5 Å². The van der Waals surface area contributed by atoms with Gasteiger partial charge in [0.25, 0.3) is 0 Å². The van der Waals surface area contributed by atoms with Gasteiger partial charge in [-0.2, -0.15) is 11.8 Å². The molecule has 2 aromatic rings. The van der Waals surface area contributed by atoms with Crippen LogP contribution in [0.5, 0.6) is 0 Å². The number of para-hydroxylation sites is 1. The van der Waals surface area contributed by atoms with E-state index in [9.17, 15) is 0 Å². The largest absolute Gasteiger partial charge is 0.459 e. The van der Waals surface area contributed by atoms with Gasteiger partial charge in [0, 0.05) is 24.9 Å². The van der Waals surface area contributed by atoms with Crippen molar-refractivity contribution in [2.45, 2.75) is 25.8 Å². The molecule has 0 aliphatic heterocycles. The van der Waals surface area contributed by atoms with Crippen LogP contribution in [0.25, 0.3) is 11.0 Å². The Morgan fingerprint density at radius 2 is 2.19 bits per heavy atom. The average molecular weight is 307 g/mol. The SMILES string of the molecule is CCCNC(CSCCCOC)c1cc2ccccc2o1. The highest BCUT2D eigenvalue weighted by Gasteiger charge is 2.15. The number of furan rings is 1. The van der Waals surface area contributed by atoms with E-state index in [1.807, 2.05) is 23.9 Å². The quantitative estimate of drug-likeness (QED) is 0.666. The van der Waals surface area contributed by atoms with Gasteiger partial charge in [0.1, 0.15) is 11.3 Å². The molecule has 0 aliphatic rings. The molecule has 4 heteroatoms. The van der Waals surface area contributed by atoms with Crippen molar-refractivity contribution < 1.29 is 9.15 Å². The third kappa shape index (κ3) is 5.06. The van der Waals surface area contributed by atoms with Crippen LogP contribution in [-0.2, 0) is 4.74 Å². The molecular formula is C17H25NO2S. The Balaban J connectivity index is 1.97. The van der Waals surface area contributed by atoms with E-state index in [2.05, 4.69) is 30.4 Å². The van der Waals surface area contributed by atoms with Crippen molar-refractivity contribution in [3.63, 3.8) is 0 Å². The predicted molar refractivity (Wildman–Crippen MR) is 91.1 cm³/mol. The first-order valence-corrected chi connectivity index (χ1v) is 8.79. The maximum Gasteiger partial charge on any atom is 0.134 e. The Labute approximate surface area is 131 Å². The molecule has 0 spiro atoms. The third-order valence-electron chi connectivity index (χ3n) is 3.35. The first-order valence-electron chi connectivity index (χ1n) is 7.63. The van der Waals surface area contributed by atoms with Crippen LogP contribution in [0.1, 0.15) is 31.6 Å². The molecule has 1 unspecified atom stereocenters. The summed E-state index contributed by atoms with van der Waals surface area (Å²) in [4.78, 5) is 0. The maximum atomic E-state index is 6.00. The summed E-state index contributed by atoms with van der Waals surface area (Å²) in [5, 5.41) is 4.77. The number of hydrogen-bond donors (Lipinski definition) is 1. The Hall–Kier alpha value is -0.970. The van der Waals surface area contributed by atoms with E-state index in [1.165, 1.54) is 5.39 Å². The first-order chi connectivity index (χ1) is 10.3. The summed E-state index contributed by atoms with van der Waals surface area (Å²) in [6.45, 7) is 4.04. The number of methoxy groups -OCH3 is 1. The number of fused-ring (bicyclic) bond motifs is 1. The third-order valence-corrected chi connectivity index (χ3v) is 4.50. The Morgan fingerprint density at radius 1 is 1.33 bits per heavy atom. The highest BCUT2D eigenvalue weighted by Crippen LogP contribution is 2.26. The Bertz CT molecular complexity index is 493. The lowest BCUT2D eigenvalue weighted by molar-refractivity contribution is 0.200. The monoisotopic (exact) mass is 307 g/mol. The molecule has 1 aromatic carbocycles. The molecule has 3 nitrogen and oxygen atoms in total. The zero-order valence-electron chi connectivity index (χ0n) is 12.9. The molecule has 0 aliphatic carbocycles. The normalized spacial score (nSPS) is 12.9. The van der Waals surface area contributed by atoms with Gasteiger partial charge >= 0.3 is 0 Å². The summed E-state index contributed by atoms with van der Waals surface area (Å²) >= 11 is 1.95. The smallest absolute Gasteiger partial charge is 0.134 e. The summed E-state index contributed by atoms with van der Waals surface area (Å²) in [7, 11) is 1.75. The molecule has 1 N–H and O–H groups in total. The summed E-state index contributed by atoms with van der Waals surface area (Å²) in [5.41, 5.74) is 0.972. The molecule has 1 atom stereocenters. The van der Waals surface area contributed by atoms with Gasteiger partial charge in [0.05, 0.1) is 6.04 Å². The second kappa shape index (κ2) is 9.13. The van der Waals surface area contributed by atoms with Crippen LogP contribution in [0.2, 0.25) is 0 Å². The molecule has 0 radical (unpaired) electrons. The lowest BCUT2D eigenvalue weighted by atomic mass is 10.2. The zero-order valence-corrected chi connectivity index (χ0v) is 13.7. The lowest BCUT2D eigenvalue weighted by Gasteiger charge is -2.15. The van der Waals surface area contributed by atoms with E-state index in [0.717, 1.165) is 48.8 Å². The fourth-order valence-electron chi connectivity index (χ4n) is 2.24. The van der Waals surface area contributed by atoms with Crippen LogP contribution >= 0.6 is 11.8 Å². The second-order valence-corrected chi connectivity index (χ2v) is 6.26. The van der Waals surface area contributed by atoms with E-state index in [4.69, 9.17) is 9.15 Å². The molecule has 0 saturated carbocycles. The summed E-state index contributed by atoms with van der Waals surface area (Å²) < 4.78 is 11.1. The Kier molecular flexibility index (Phi) is 7.13. The van der Waals surface area contributed by atoms with Crippen molar-refractivity contribution in [2.75, 3.05) is 31.8 Å². The number of ether oxygens (including phenoxy) is 1. The van der Waals surface area contributed by atoms with Crippen molar-refractivity contribution in [2.24, 2.45) is 0 Å². The summed E-state index contributed by atoms with van der Waals surface area (Å²) in [5.74, 6) is 3.20. The number of hydrogen-bond acceptors (Lipinski definition) is 4. The van der Waals surface area contributed by atoms with Crippen LogP contribution in [0, 0.1) is 0 Å². The molecule has 0 bridgehead atoms. The van der Waals surface area contributed by atoms with Crippen molar-refractivity contribution >= 4 is 22.7 Å². The standard InChI is InChI=1S/C17H25NO2S/c1-3-9-18-15(13-21-11-6-10-19-2)17-12-14-7-4-5-8-16(14)20-17/h4-5,7-8,12,15,18H,3,6,9-11,13H2,1-2H3. The number of nitrogens with one attached hydrogen (secondary N) is 1. The van der Waals surface area contributed by atoms with E-state index in [1.54, 1.807) is 7.11 Å². The number of thioether (sulfide) groups is 1. The fraction of sp³-hybridized carbons (Fsp3) is 0.529. The molecule has 21 heavy (non-hydrogen) atoms. The first kappa shape index (κ1) is 16.4. The number of rotatable bonds is 10. The number of benzene rings is 1. The van der Waals surface area contributed by atoms with Crippen molar-refractivity contribution in [1.29, 1.82) is 0 Å². The van der Waals surface area contributed by atoms with Crippen molar-refractivity contribution in [3.8, 4) is 0 Å². The lowest BCUT2D eigenvalue weighted by Crippen LogP contribution is -2.23. The van der Waals surface area contributed by atoms with Gasteiger partial charge in [-0.25, -0.2) is 0 Å². The van der Waals surface area contributed by atoms with Gasteiger partial charge in [0.2, 0.25) is 0 Å². The van der Waals surface area contributed by atoms with Crippen LogP contribution < -0.4 is 5.32 Å². The van der Waals surface area contributed by atoms with E-state index >= 15 is 0 Å². The molecule has 1 aromatic heterocycles. The molecule has 0 amide bonds. The van der Waals surface area contributed by atoms with Crippen LogP contribution in [0.4, 0.5) is 0 Å². The predicted octanol–water partition coefficient (Wildman–Crippen LogP) is 4.24. The Morgan fingerprint density at radius 3 is 2.95 bits per heavy atom. The average Bonchev–Trinajstić information content (AvgIpc) is 2.93. The minimum Gasteiger partial charge on any atom is -0.459 e. The van der Waals surface area contributed by atoms with Gasteiger partial charge in [-0.15, -0.1) is 0 Å². The van der Waals surface area contributed by atoms with Crippen LogP contribution in [0.15, 0.2) is 34.7 Å². The molecular weight excluding hydrogens is 282 g/mol. The van der Waals surface area contributed by atoms with Crippen LogP contribution in [-0.4, -0.2) is 31.8 Å². The van der Waals surface area contributed by atoms with Crippen molar-refractivity contribution in [3.05, 3.63) is 36.1 Å². The highest BCUT2D eigenvalue weighted by molar-refractivity contribution is 7.99. The summed E-state index contributed by atoms with van der Waals surface area (Å²) in [6, 6.07) is 10.6. The van der Waals surface area contributed by atoms with E-state index in [-0.39, 0.29) is 6.04 Å². The van der Waals surface area contributed by atoms with Gasteiger partial charge in [0.15, 0.2) is 0 Å². The molecule has 116 valence electrons. The molecule has 0 fully saturated rings. The summed E-state index contributed by atoms with van der Waals surface area (Å²) in [6.07, 6.45) is 2.23. The molecule has 2 rings (SSSR count). The minimum atomic E-state index is 0.282. The van der Waals surface area contributed by atoms with E-state index in [0.29, 0.717) is 0 Å². The topological polar surface area (TPSA) is 34.4 Å². The van der Waals surface area contributed by atoms with Gasteiger partial charge in [-0.3, -0.25) is 0 Å². The maximum absolute atomic E-state index is 6.00. The molecule has 1 heterocycles. The second-order valence-electron chi connectivity index (χ2n) is 5.11. The fourth-order valence-corrected chi connectivity index (χ4v) is 3.25. The van der Waals surface area contributed by atoms with Crippen LogP contribution in [0.3, 0.4) is 0 Å². The minimum absolute atomic E-state index is 0.282.